The SMILES string of the molecule is COc1cc(OC)c(C(C)CC(CN)C(=O)O)c(OC)c1. The van der Waals surface area contributed by atoms with E-state index in [2.05, 4.69) is 0 Å². The summed E-state index contributed by atoms with van der Waals surface area (Å²) in [5, 5.41) is 9.14. The van der Waals surface area contributed by atoms with Gasteiger partial charge in [0.15, 0.2) is 0 Å². The van der Waals surface area contributed by atoms with Crippen molar-refractivity contribution >= 4 is 5.97 Å². The average Bonchev–Trinajstić information content (AvgIpc) is 2.50. The molecule has 0 aliphatic heterocycles. The summed E-state index contributed by atoms with van der Waals surface area (Å²) >= 11 is 0. The fraction of sp³-hybridized carbons (Fsp3) is 0.533. The highest BCUT2D eigenvalue weighted by molar-refractivity contribution is 5.70. The fourth-order valence-corrected chi connectivity index (χ4v) is 2.36. The van der Waals surface area contributed by atoms with Gasteiger partial charge in [0.25, 0.3) is 0 Å². The third kappa shape index (κ3) is 4.01. The molecule has 21 heavy (non-hydrogen) atoms. The number of hydrogen-bond acceptors (Lipinski definition) is 5. The average molecular weight is 297 g/mol. The van der Waals surface area contributed by atoms with E-state index in [1.807, 2.05) is 6.92 Å². The van der Waals surface area contributed by atoms with Crippen LogP contribution in [0, 0.1) is 5.92 Å². The first-order chi connectivity index (χ1) is 9.98. The first-order valence-corrected chi connectivity index (χ1v) is 6.71. The summed E-state index contributed by atoms with van der Waals surface area (Å²) in [6, 6.07) is 3.51. The second kappa shape index (κ2) is 7.73. The van der Waals surface area contributed by atoms with E-state index in [4.69, 9.17) is 25.1 Å². The summed E-state index contributed by atoms with van der Waals surface area (Å²) in [5.41, 5.74) is 6.34. The normalized spacial score (nSPS) is 13.4. The van der Waals surface area contributed by atoms with E-state index >= 15 is 0 Å². The largest absolute Gasteiger partial charge is 0.496 e. The number of methoxy groups -OCH3 is 3. The first kappa shape index (κ1) is 17.1. The van der Waals surface area contributed by atoms with Crippen molar-refractivity contribution in [3.63, 3.8) is 0 Å². The number of carbonyl (C=O) groups is 1. The highest BCUT2D eigenvalue weighted by atomic mass is 16.5. The third-order valence-corrected chi connectivity index (χ3v) is 3.52. The predicted molar refractivity (Wildman–Crippen MR) is 79.3 cm³/mol. The molecule has 1 rings (SSSR count). The van der Waals surface area contributed by atoms with Crippen molar-refractivity contribution in [2.45, 2.75) is 19.3 Å². The van der Waals surface area contributed by atoms with E-state index in [9.17, 15) is 4.79 Å². The van der Waals surface area contributed by atoms with Crippen LogP contribution in [0.1, 0.15) is 24.8 Å². The molecule has 0 saturated carbocycles. The molecule has 6 nitrogen and oxygen atoms in total. The van der Waals surface area contributed by atoms with Gasteiger partial charge in [-0.2, -0.15) is 0 Å². The molecule has 0 heterocycles. The molecule has 0 aliphatic carbocycles. The highest BCUT2D eigenvalue weighted by Gasteiger charge is 2.25. The molecule has 0 aromatic heterocycles. The molecule has 0 saturated heterocycles. The van der Waals surface area contributed by atoms with Crippen LogP contribution in [-0.2, 0) is 4.79 Å². The second-order valence-corrected chi connectivity index (χ2v) is 4.85. The minimum absolute atomic E-state index is 0.0783. The molecule has 1 aromatic carbocycles. The van der Waals surface area contributed by atoms with Crippen molar-refractivity contribution < 1.29 is 24.1 Å². The Kier molecular flexibility index (Phi) is 6.30. The molecule has 0 spiro atoms. The first-order valence-electron chi connectivity index (χ1n) is 6.71. The zero-order chi connectivity index (χ0) is 16.0. The van der Waals surface area contributed by atoms with Gasteiger partial charge in [-0.1, -0.05) is 6.92 Å². The molecule has 2 unspecified atom stereocenters. The molecule has 0 bridgehead atoms. The molecule has 0 aliphatic rings. The summed E-state index contributed by atoms with van der Waals surface area (Å²) < 4.78 is 16.0. The number of aliphatic carboxylic acids is 1. The van der Waals surface area contributed by atoms with Gasteiger partial charge in [0.05, 0.1) is 27.2 Å². The van der Waals surface area contributed by atoms with Gasteiger partial charge in [0.2, 0.25) is 0 Å². The number of ether oxygens (including phenoxy) is 3. The number of carboxylic acids is 1. The number of nitrogens with two attached hydrogens (primary N) is 1. The van der Waals surface area contributed by atoms with Crippen LogP contribution in [0.25, 0.3) is 0 Å². The number of rotatable bonds is 8. The standard InChI is InChI=1S/C15H23NO5/c1-9(5-10(8-16)15(17)18)14-12(20-3)6-11(19-2)7-13(14)21-4/h6-7,9-10H,5,8,16H2,1-4H3,(H,17,18). The van der Waals surface area contributed by atoms with Crippen molar-refractivity contribution in [3.05, 3.63) is 17.7 Å². The van der Waals surface area contributed by atoms with Crippen molar-refractivity contribution in [2.24, 2.45) is 11.7 Å². The lowest BCUT2D eigenvalue weighted by Crippen LogP contribution is -2.25. The quantitative estimate of drug-likeness (QED) is 0.761. The molecule has 2 atom stereocenters. The smallest absolute Gasteiger partial charge is 0.307 e. The van der Waals surface area contributed by atoms with Crippen LogP contribution in [0.4, 0.5) is 0 Å². The monoisotopic (exact) mass is 297 g/mol. The van der Waals surface area contributed by atoms with Crippen LogP contribution < -0.4 is 19.9 Å². The zero-order valence-electron chi connectivity index (χ0n) is 12.9. The van der Waals surface area contributed by atoms with Gasteiger partial charge in [-0.05, 0) is 12.3 Å². The van der Waals surface area contributed by atoms with Crippen LogP contribution in [0.3, 0.4) is 0 Å². The van der Waals surface area contributed by atoms with Gasteiger partial charge < -0.3 is 25.1 Å². The molecule has 0 radical (unpaired) electrons. The maximum Gasteiger partial charge on any atom is 0.307 e. The molecule has 0 fully saturated rings. The Morgan fingerprint density at radius 2 is 1.71 bits per heavy atom. The summed E-state index contributed by atoms with van der Waals surface area (Å²) in [5.74, 6) is 0.269. The predicted octanol–water partition coefficient (Wildman–Crippen LogP) is 1.87. The van der Waals surface area contributed by atoms with E-state index in [-0.39, 0.29) is 12.5 Å². The minimum Gasteiger partial charge on any atom is -0.496 e. The third-order valence-electron chi connectivity index (χ3n) is 3.52. The fourth-order valence-electron chi connectivity index (χ4n) is 2.36. The van der Waals surface area contributed by atoms with Crippen LogP contribution in [0.15, 0.2) is 12.1 Å². The molecular weight excluding hydrogens is 274 g/mol. The van der Waals surface area contributed by atoms with Crippen molar-refractivity contribution in [2.75, 3.05) is 27.9 Å². The Morgan fingerprint density at radius 1 is 1.19 bits per heavy atom. The Bertz CT molecular complexity index is 464. The van der Waals surface area contributed by atoms with Gasteiger partial charge in [0.1, 0.15) is 17.2 Å². The highest BCUT2D eigenvalue weighted by Crippen LogP contribution is 2.41. The Labute approximate surface area is 124 Å². The van der Waals surface area contributed by atoms with Gasteiger partial charge in [0, 0.05) is 24.2 Å². The van der Waals surface area contributed by atoms with Crippen molar-refractivity contribution in [1.82, 2.24) is 0 Å². The van der Waals surface area contributed by atoms with E-state index in [1.165, 1.54) is 0 Å². The molecule has 3 N–H and O–H groups in total. The second-order valence-electron chi connectivity index (χ2n) is 4.85. The van der Waals surface area contributed by atoms with Crippen molar-refractivity contribution in [3.8, 4) is 17.2 Å². The molecule has 0 amide bonds. The maximum absolute atomic E-state index is 11.1. The van der Waals surface area contributed by atoms with E-state index < -0.39 is 11.9 Å². The van der Waals surface area contributed by atoms with Crippen LogP contribution in [0.5, 0.6) is 17.2 Å². The molecule has 6 heteroatoms. The van der Waals surface area contributed by atoms with Crippen LogP contribution in [0.2, 0.25) is 0 Å². The number of hydrogen-bond donors (Lipinski definition) is 2. The Hall–Kier alpha value is -1.95. The molecule has 1 aromatic rings. The van der Waals surface area contributed by atoms with Crippen LogP contribution in [-0.4, -0.2) is 38.9 Å². The summed E-state index contributed by atoms with van der Waals surface area (Å²) in [6.45, 7) is 2.03. The van der Waals surface area contributed by atoms with E-state index in [1.54, 1.807) is 33.5 Å². The lowest BCUT2D eigenvalue weighted by Gasteiger charge is -2.22. The zero-order valence-corrected chi connectivity index (χ0v) is 12.9. The molecule has 118 valence electrons. The lowest BCUT2D eigenvalue weighted by molar-refractivity contribution is -0.141. The van der Waals surface area contributed by atoms with E-state index in [0.717, 1.165) is 5.56 Å². The summed E-state index contributed by atoms with van der Waals surface area (Å²) in [7, 11) is 4.68. The van der Waals surface area contributed by atoms with Crippen molar-refractivity contribution in [1.29, 1.82) is 0 Å². The number of carboxylic acid groups (broad SMARTS) is 1. The maximum atomic E-state index is 11.1. The molecular formula is C15H23NO5. The van der Waals surface area contributed by atoms with Gasteiger partial charge in [-0.15, -0.1) is 0 Å². The lowest BCUT2D eigenvalue weighted by atomic mass is 9.89. The van der Waals surface area contributed by atoms with Gasteiger partial charge in [-0.25, -0.2) is 0 Å². The minimum atomic E-state index is -0.893. The Balaban J connectivity index is 3.17. The number of benzene rings is 1. The summed E-state index contributed by atoms with van der Waals surface area (Å²) in [4.78, 5) is 11.1. The summed E-state index contributed by atoms with van der Waals surface area (Å²) in [6.07, 6.45) is 0.408. The van der Waals surface area contributed by atoms with Crippen LogP contribution >= 0.6 is 0 Å². The topological polar surface area (TPSA) is 91.0 Å². The van der Waals surface area contributed by atoms with Gasteiger partial charge >= 0.3 is 5.97 Å². The van der Waals surface area contributed by atoms with E-state index in [0.29, 0.717) is 23.7 Å². The Morgan fingerprint density at radius 3 is 2.05 bits per heavy atom. The van der Waals surface area contributed by atoms with Gasteiger partial charge in [-0.3, -0.25) is 4.79 Å².